The molecule has 1 amide bonds. The third-order valence-corrected chi connectivity index (χ3v) is 4.83. The number of rotatable bonds is 5. The van der Waals surface area contributed by atoms with E-state index in [-0.39, 0.29) is 37.5 Å². The lowest BCUT2D eigenvalue weighted by atomic mass is 9.99. The molecule has 144 valence electrons. The van der Waals surface area contributed by atoms with Gasteiger partial charge in [-0.1, -0.05) is 6.08 Å². The van der Waals surface area contributed by atoms with E-state index < -0.39 is 6.09 Å². The zero-order valence-corrected chi connectivity index (χ0v) is 15.9. The maximum absolute atomic E-state index is 14.7. The lowest BCUT2D eigenvalue weighted by Gasteiger charge is -2.22. The lowest BCUT2D eigenvalue weighted by molar-refractivity contribution is 0.175. The second-order valence-electron chi connectivity index (χ2n) is 6.01. The number of amides is 1. The first-order valence-corrected chi connectivity index (χ1v) is 9.01. The van der Waals surface area contributed by atoms with Crippen molar-refractivity contribution in [3.8, 4) is 5.88 Å². The Labute approximate surface area is 165 Å². The minimum Gasteiger partial charge on any atom is -0.474 e. The van der Waals surface area contributed by atoms with Crippen molar-refractivity contribution in [1.82, 2.24) is 14.1 Å². The number of nitrogens with zero attached hydrogens (tertiary/aromatic N) is 3. The van der Waals surface area contributed by atoms with E-state index >= 15 is 0 Å². The van der Waals surface area contributed by atoms with E-state index in [9.17, 15) is 9.18 Å². The molecule has 3 heterocycles. The summed E-state index contributed by atoms with van der Waals surface area (Å²) in [6.45, 7) is 1.93. The third-order valence-electron chi connectivity index (χ3n) is 4.37. The van der Waals surface area contributed by atoms with Gasteiger partial charge in [0.2, 0.25) is 5.88 Å². The maximum Gasteiger partial charge on any atom is 0.414 e. The quantitative estimate of drug-likeness (QED) is 0.813. The molecule has 7 nitrogen and oxygen atoms in total. The van der Waals surface area contributed by atoms with Crippen LogP contribution in [0.5, 0.6) is 5.88 Å². The number of cyclic esters (lactones) is 1. The number of carbonyl (C=O) groups excluding carboxylic acids is 1. The van der Waals surface area contributed by atoms with Crippen LogP contribution in [0.25, 0.3) is 5.57 Å². The van der Waals surface area contributed by atoms with Crippen molar-refractivity contribution in [3.63, 3.8) is 0 Å². The molecule has 27 heavy (non-hydrogen) atoms. The number of nitrogens with one attached hydrogen (secondary N) is 1. The summed E-state index contributed by atoms with van der Waals surface area (Å²) in [4.78, 5) is 13.5. The molecule has 2 aliphatic rings. The fourth-order valence-corrected chi connectivity index (χ4v) is 3.45. The van der Waals surface area contributed by atoms with Gasteiger partial charge in [0.05, 0.1) is 17.4 Å². The Hall–Kier alpha value is -2.23. The minimum absolute atomic E-state index is 0. The van der Waals surface area contributed by atoms with E-state index in [0.717, 1.165) is 36.8 Å². The maximum atomic E-state index is 14.7. The average Bonchev–Trinajstić information content (AvgIpc) is 3.30. The van der Waals surface area contributed by atoms with E-state index in [4.69, 9.17) is 9.47 Å². The molecular formula is C17H18ClFN4O3S. The topological polar surface area (TPSA) is 76.6 Å². The number of aromatic nitrogens is 2. The Morgan fingerprint density at radius 3 is 3.04 bits per heavy atom. The van der Waals surface area contributed by atoms with Gasteiger partial charge in [-0.05, 0) is 36.7 Å². The Morgan fingerprint density at radius 2 is 2.33 bits per heavy atom. The summed E-state index contributed by atoms with van der Waals surface area (Å²) in [6, 6.07) is 4.48. The fourth-order valence-electron chi connectivity index (χ4n) is 3.08. The Kier molecular flexibility index (Phi) is 6.25. The number of anilines is 1. The first-order chi connectivity index (χ1) is 12.7. The summed E-state index contributed by atoms with van der Waals surface area (Å²) in [7, 11) is 0. The molecule has 0 saturated carbocycles. The van der Waals surface area contributed by atoms with Gasteiger partial charge in [0.15, 0.2) is 0 Å². The minimum atomic E-state index is -0.511. The van der Waals surface area contributed by atoms with Crippen molar-refractivity contribution < 1.29 is 18.7 Å². The van der Waals surface area contributed by atoms with Crippen molar-refractivity contribution in [2.24, 2.45) is 0 Å². The van der Waals surface area contributed by atoms with Crippen molar-refractivity contribution >= 4 is 41.5 Å². The first kappa shape index (κ1) is 19.5. The zero-order valence-electron chi connectivity index (χ0n) is 14.3. The molecule has 0 radical (unpaired) electrons. The smallest absolute Gasteiger partial charge is 0.414 e. The van der Waals surface area contributed by atoms with Crippen molar-refractivity contribution in [2.45, 2.75) is 12.5 Å². The van der Waals surface area contributed by atoms with Crippen molar-refractivity contribution in [2.75, 3.05) is 31.2 Å². The molecule has 1 N–H and O–H groups in total. The molecule has 1 aromatic carbocycles. The van der Waals surface area contributed by atoms with Crippen LogP contribution in [-0.2, 0) is 4.74 Å². The molecule has 0 aliphatic carbocycles. The molecule has 1 unspecified atom stereocenters. The number of ether oxygens (including phenoxy) is 2. The van der Waals surface area contributed by atoms with Crippen LogP contribution in [0.15, 0.2) is 30.5 Å². The number of benzene rings is 1. The van der Waals surface area contributed by atoms with Gasteiger partial charge >= 0.3 is 6.09 Å². The molecule has 1 saturated heterocycles. The number of carbonyl (C=O) groups is 1. The summed E-state index contributed by atoms with van der Waals surface area (Å²) in [5.74, 6) is 0.0485. The highest BCUT2D eigenvalue weighted by molar-refractivity contribution is 6.99. The molecule has 1 atom stereocenters. The van der Waals surface area contributed by atoms with Crippen molar-refractivity contribution in [3.05, 3.63) is 41.9 Å². The largest absolute Gasteiger partial charge is 0.474 e. The lowest BCUT2D eigenvalue weighted by Crippen LogP contribution is -2.38. The van der Waals surface area contributed by atoms with Crippen molar-refractivity contribution in [1.29, 1.82) is 0 Å². The third kappa shape index (κ3) is 4.20. The highest BCUT2D eigenvalue weighted by Gasteiger charge is 2.35. The van der Waals surface area contributed by atoms with Crippen LogP contribution in [0.2, 0.25) is 0 Å². The van der Waals surface area contributed by atoms with E-state index in [2.05, 4.69) is 14.1 Å². The van der Waals surface area contributed by atoms with Gasteiger partial charge in [-0.2, -0.15) is 4.37 Å². The number of halogens is 2. The fraction of sp³-hybridized carbons (Fsp3) is 0.353. The Balaban J connectivity index is 0.00000210. The van der Waals surface area contributed by atoms with Gasteiger partial charge in [0.1, 0.15) is 31.3 Å². The SMILES string of the molecule is Cl.O=C1OCC(COc2cnsn2)N1c1ccc(C2=CCNCC2)c(F)c1. The van der Waals surface area contributed by atoms with Crippen LogP contribution in [0.4, 0.5) is 14.9 Å². The Morgan fingerprint density at radius 1 is 1.44 bits per heavy atom. The van der Waals surface area contributed by atoms with Gasteiger partial charge in [0, 0.05) is 12.1 Å². The zero-order chi connectivity index (χ0) is 17.9. The van der Waals surface area contributed by atoms with Crippen LogP contribution >= 0.6 is 24.1 Å². The predicted octanol–water partition coefficient (Wildman–Crippen LogP) is 2.88. The van der Waals surface area contributed by atoms with Crippen LogP contribution in [0, 0.1) is 5.82 Å². The predicted molar refractivity (Wildman–Crippen MR) is 102 cm³/mol. The summed E-state index contributed by atoms with van der Waals surface area (Å²) in [5, 5.41) is 3.21. The van der Waals surface area contributed by atoms with Crippen LogP contribution in [0.3, 0.4) is 0 Å². The first-order valence-electron chi connectivity index (χ1n) is 8.28. The number of hydrogen-bond donors (Lipinski definition) is 1. The second-order valence-corrected chi connectivity index (χ2v) is 6.56. The standard InChI is InChI=1S/C17H17FN4O3S.ClH/c18-15-7-12(1-2-14(15)11-3-5-19-6-4-11)22-13(10-25-17(22)23)9-24-16-8-20-26-21-16;/h1-3,7-8,13,19H,4-6,9-10H2;1H. The van der Waals surface area contributed by atoms with Gasteiger partial charge in [-0.3, -0.25) is 4.90 Å². The van der Waals surface area contributed by atoms with Gasteiger partial charge in [-0.15, -0.1) is 16.8 Å². The molecule has 0 bridgehead atoms. The van der Waals surface area contributed by atoms with Gasteiger partial charge in [-0.25, -0.2) is 9.18 Å². The van der Waals surface area contributed by atoms with Gasteiger partial charge < -0.3 is 14.8 Å². The summed E-state index contributed by atoms with van der Waals surface area (Å²) in [5.41, 5.74) is 2.00. The summed E-state index contributed by atoms with van der Waals surface area (Å²) < 4.78 is 33.1. The molecule has 10 heteroatoms. The molecule has 1 aromatic heterocycles. The summed E-state index contributed by atoms with van der Waals surface area (Å²) >= 11 is 1.04. The summed E-state index contributed by atoms with van der Waals surface area (Å²) in [6.07, 6.45) is 3.77. The Bertz CT molecular complexity index is 834. The highest BCUT2D eigenvalue weighted by Crippen LogP contribution is 2.29. The molecule has 0 spiro atoms. The average molecular weight is 413 g/mol. The molecular weight excluding hydrogens is 395 g/mol. The van der Waals surface area contributed by atoms with Gasteiger partial charge in [0.25, 0.3) is 0 Å². The van der Waals surface area contributed by atoms with Crippen LogP contribution in [-0.4, -0.2) is 47.2 Å². The van der Waals surface area contributed by atoms with E-state index in [1.54, 1.807) is 12.1 Å². The van der Waals surface area contributed by atoms with Crippen LogP contribution < -0.4 is 15.0 Å². The van der Waals surface area contributed by atoms with Crippen LogP contribution in [0.1, 0.15) is 12.0 Å². The monoisotopic (exact) mass is 412 g/mol. The molecule has 2 aliphatic heterocycles. The second kappa shape index (κ2) is 8.64. The normalized spacial score (nSPS) is 19.3. The molecule has 1 fully saturated rings. The highest BCUT2D eigenvalue weighted by atomic mass is 35.5. The molecule has 4 rings (SSSR count). The van der Waals surface area contributed by atoms with E-state index in [0.29, 0.717) is 17.1 Å². The van der Waals surface area contributed by atoms with E-state index in [1.807, 2.05) is 6.08 Å². The van der Waals surface area contributed by atoms with E-state index in [1.165, 1.54) is 17.2 Å². The number of hydrogen-bond acceptors (Lipinski definition) is 7. The molecule has 2 aromatic rings.